The fraction of sp³-hybridized carbons (Fsp3) is 0.300. The van der Waals surface area contributed by atoms with Gasteiger partial charge in [-0.05, 0) is 24.6 Å². The Morgan fingerprint density at radius 3 is 2.38 bits per heavy atom. The molecule has 1 N–H and O–H groups in total. The molecule has 0 saturated heterocycles. The summed E-state index contributed by atoms with van der Waals surface area (Å²) < 4.78 is 12.5. The Kier molecular flexibility index (Phi) is 3.01. The highest BCUT2D eigenvalue weighted by Crippen LogP contribution is 2.12. The first-order valence-corrected chi connectivity index (χ1v) is 4.12. The van der Waals surface area contributed by atoms with Crippen LogP contribution in [-0.2, 0) is 4.79 Å². The average molecular weight is 181 g/mol. The number of rotatable bonds is 2. The summed E-state index contributed by atoms with van der Waals surface area (Å²) in [5, 5.41) is 2.72. The Morgan fingerprint density at radius 2 is 1.92 bits per heavy atom. The third-order valence-electron chi connectivity index (χ3n) is 1.79. The van der Waals surface area contributed by atoms with Crippen LogP contribution in [0.25, 0.3) is 0 Å². The highest BCUT2D eigenvalue weighted by Gasteiger charge is 2.05. The highest BCUT2D eigenvalue weighted by atomic mass is 19.1. The van der Waals surface area contributed by atoms with Crippen LogP contribution >= 0.6 is 0 Å². The van der Waals surface area contributed by atoms with E-state index in [1.807, 2.05) is 6.92 Å². The molecule has 0 aliphatic heterocycles. The minimum Gasteiger partial charge on any atom is -0.350 e. The largest absolute Gasteiger partial charge is 0.350 e. The zero-order chi connectivity index (χ0) is 9.84. The Hall–Kier alpha value is -1.38. The van der Waals surface area contributed by atoms with Gasteiger partial charge in [-0.3, -0.25) is 4.79 Å². The fourth-order valence-electron chi connectivity index (χ4n) is 1.14. The van der Waals surface area contributed by atoms with Gasteiger partial charge in [0.05, 0.1) is 6.04 Å². The van der Waals surface area contributed by atoms with Crippen molar-refractivity contribution in [3.05, 3.63) is 35.6 Å². The van der Waals surface area contributed by atoms with E-state index in [4.69, 9.17) is 0 Å². The summed E-state index contributed by atoms with van der Waals surface area (Å²) in [6.07, 6.45) is 0. The highest BCUT2D eigenvalue weighted by molar-refractivity contribution is 5.73. The molecular weight excluding hydrogens is 169 g/mol. The van der Waals surface area contributed by atoms with Crippen molar-refractivity contribution in [3.8, 4) is 0 Å². The van der Waals surface area contributed by atoms with E-state index in [0.717, 1.165) is 5.56 Å². The maximum absolute atomic E-state index is 12.5. The van der Waals surface area contributed by atoms with Crippen molar-refractivity contribution in [2.45, 2.75) is 19.9 Å². The maximum atomic E-state index is 12.5. The predicted octanol–water partition coefficient (Wildman–Crippen LogP) is 2.02. The van der Waals surface area contributed by atoms with E-state index in [9.17, 15) is 9.18 Å². The topological polar surface area (TPSA) is 29.1 Å². The van der Waals surface area contributed by atoms with Crippen molar-refractivity contribution in [1.29, 1.82) is 0 Å². The van der Waals surface area contributed by atoms with Gasteiger partial charge in [0.1, 0.15) is 5.82 Å². The lowest BCUT2D eigenvalue weighted by molar-refractivity contribution is -0.119. The van der Waals surface area contributed by atoms with E-state index in [1.54, 1.807) is 12.1 Å². The number of hydrogen-bond acceptors (Lipinski definition) is 1. The lowest BCUT2D eigenvalue weighted by Gasteiger charge is -2.12. The molecule has 2 nitrogen and oxygen atoms in total. The fourth-order valence-corrected chi connectivity index (χ4v) is 1.14. The molecule has 0 radical (unpaired) electrons. The van der Waals surface area contributed by atoms with Gasteiger partial charge in [0.15, 0.2) is 0 Å². The standard InChI is InChI=1S/C10H12FNO/c1-7(12-8(2)13)9-3-5-10(11)6-4-9/h3-7H,1-2H3,(H,12,13). The molecule has 0 heterocycles. The van der Waals surface area contributed by atoms with E-state index in [-0.39, 0.29) is 17.8 Å². The van der Waals surface area contributed by atoms with Gasteiger partial charge in [-0.25, -0.2) is 4.39 Å². The summed E-state index contributed by atoms with van der Waals surface area (Å²) in [6.45, 7) is 3.31. The normalized spacial score (nSPS) is 12.2. The van der Waals surface area contributed by atoms with Crippen LogP contribution in [0.2, 0.25) is 0 Å². The first kappa shape index (κ1) is 9.71. The number of nitrogens with one attached hydrogen (secondary N) is 1. The predicted molar refractivity (Wildman–Crippen MR) is 48.6 cm³/mol. The molecule has 0 bridgehead atoms. The van der Waals surface area contributed by atoms with Gasteiger partial charge >= 0.3 is 0 Å². The number of carbonyl (C=O) groups is 1. The zero-order valence-electron chi connectivity index (χ0n) is 7.67. The van der Waals surface area contributed by atoms with Gasteiger partial charge in [0, 0.05) is 6.92 Å². The third kappa shape index (κ3) is 2.86. The Morgan fingerprint density at radius 1 is 1.38 bits per heavy atom. The van der Waals surface area contributed by atoms with Crippen LogP contribution in [0, 0.1) is 5.82 Å². The summed E-state index contributed by atoms with van der Waals surface area (Å²) in [6, 6.07) is 6.02. The van der Waals surface area contributed by atoms with Crippen molar-refractivity contribution < 1.29 is 9.18 Å². The minimum absolute atomic E-state index is 0.0712. The molecule has 0 saturated carbocycles. The first-order chi connectivity index (χ1) is 6.09. The summed E-state index contributed by atoms with van der Waals surface area (Å²) in [4.78, 5) is 10.7. The zero-order valence-corrected chi connectivity index (χ0v) is 7.67. The number of halogens is 1. The van der Waals surface area contributed by atoms with Crippen LogP contribution < -0.4 is 5.32 Å². The number of amides is 1. The first-order valence-electron chi connectivity index (χ1n) is 4.12. The molecule has 1 unspecified atom stereocenters. The summed E-state index contributed by atoms with van der Waals surface area (Å²) in [7, 11) is 0. The molecular formula is C10H12FNO. The van der Waals surface area contributed by atoms with Crippen molar-refractivity contribution in [1.82, 2.24) is 5.32 Å². The molecule has 13 heavy (non-hydrogen) atoms. The summed E-state index contributed by atoms with van der Waals surface area (Å²) in [5.41, 5.74) is 0.900. The smallest absolute Gasteiger partial charge is 0.217 e. The maximum Gasteiger partial charge on any atom is 0.217 e. The molecule has 1 aromatic rings. The van der Waals surface area contributed by atoms with Crippen molar-refractivity contribution in [3.63, 3.8) is 0 Å². The van der Waals surface area contributed by atoms with Crippen LogP contribution in [0.5, 0.6) is 0 Å². The van der Waals surface area contributed by atoms with Crippen molar-refractivity contribution in [2.24, 2.45) is 0 Å². The van der Waals surface area contributed by atoms with E-state index < -0.39 is 0 Å². The van der Waals surface area contributed by atoms with Gasteiger partial charge in [-0.15, -0.1) is 0 Å². The van der Waals surface area contributed by atoms with E-state index in [0.29, 0.717) is 0 Å². The molecule has 1 amide bonds. The van der Waals surface area contributed by atoms with Gasteiger partial charge in [-0.2, -0.15) is 0 Å². The molecule has 0 spiro atoms. The van der Waals surface area contributed by atoms with Crippen LogP contribution in [-0.4, -0.2) is 5.91 Å². The van der Waals surface area contributed by atoms with Crippen LogP contribution in [0.3, 0.4) is 0 Å². The number of benzene rings is 1. The molecule has 0 aliphatic carbocycles. The minimum atomic E-state index is -0.265. The number of hydrogen-bond donors (Lipinski definition) is 1. The van der Waals surface area contributed by atoms with Crippen LogP contribution in [0.15, 0.2) is 24.3 Å². The monoisotopic (exact) mass is 181 g/mol. The Balaban J connectivity index is 2.71. The Labute approximate surface area is 76.8 Å². The second-order valence-electron chi connectivity index (χ2n) is 2.97. The van der Waals surface area contributed by atoms with E-state index in [2.05, 4.69) is 5.32 Å². The van der Waals surface area contributed by atoms with Gasteiger partial charge < -0.3 is 5.32 Å². The summed E-state index contributed by atoms with van der Waals surface area (Å²) in [5.74, 6) is -0.351. The molecule has 1 atom stereocenters. The van der Waals surface area contributed by atoms with Gasteiger partial charge in [0.25, 0.3) is 0 Å². The van der Waals surface area contributed by atoms with Crippen molar-refractivity contribution in [2.75, 3.05) is 0 Å². The molecule has 70 valence electrons. The average Bonchev–Trinajstić information content (AvgIpc) is 2.04. The van der Waals surface area contributed by atoms with Crippen LogP contribution in [0.1, 0.15) is 25.5 Å². The second kappa shape index (κ2) is 4.03. The molecule has 0 aliphatic rings. The Bertz CT molecular complexity index is 294. The quantitative estimate of drug-likeness (QED) is 0.743. The molecule has 3 heteroatoms. The van der Waals surface area contributed by atoms with Gasteiger partial charge in [0.2, 0.25) is 5.91 Å². The van der Waals surface area contributed by atoms with Crippen molar-refractivity contribution >= 4 is 5.91 Å². The second-order valence-corrected chi connectivity index (χ2v) is 2.97. The molecule has 0 aromatic heterocycles. The van der Waals surface area contributed by atoms with E-state index in [1.165, 1.54) is 19.1 Å². The van der Waals surface area contributed by atoms with E-state index >= 15 is 0 Å². The van der Waals surface area contributed by atoms with Crippen LogP contribution in [0.4, 0.5) is 4.39 Å². The molecule has 1 rings (SSSR count). The summed E-state index contributed by atoms with van der Waals surface area (Å²) >= 11 is 0. The lowest BCUT2D eigenvalue weighted by atomic mass is 10.1. The number of carbonyl (C=O) groups excluding carboxylic acids is 1. The molecule has 0 fully saturated rings. The lowest BCUT2D eigenvalue weighted by Crippen LogP contribution is -2.23. The van der Waals surface area contributed by atoms with Gasteiger partial charge in [-0.1, -0.05) is 12.1 Å². The third-order valence-corrected chi connectivity index (χ3v) is 1.79. The molecule has 1 aromatic carbocycles. The SMILES string of the molecule is CC(=O)NC(C)c1ccc(F)cc1.